The van der Waals surface area contributed by atoms with Crippen molar-refractivity contribution in [3.05, 3.63) is 0 Å². The van der Waals surface area contributed by atoms with E-state index in [0.717, 1.165) is 19.5 Å². The van der Waals surface area contributed by atoms with E-state index in [4.69, 9.17) is 5.11 Å². The fraction of sp³-hybridized carbons (Fsp3) is 0.818. The largest absolute Gasteiger partial charge is 0.481 e. The number of urea groups is 1. The molecule has 90 valence electrons. The summed E-state index contributed by atoms with van der Waals surface area (Å²) in [6.45, 7) is 6.60. The van der Waals surface area contributed by atoms with Gasteiger partial charge in [0.2, 0.25) is 0 Å². The molecule has 2 fully saturated rings. The molecule has 2 amide bonds. The number of rotatable bonds is 1. The molecular weight excluding hydrogens is 208 g/mol. The Balaban J connectivity index is 1.85. The molecule has 2 heterocycles. The molecule has 0 aliphatic carbocycles. The Hall–Kier alpha value is -1.26. The van der Waals surface area contributed by atoms with Gasteiger partial charge < -0.3 is 14.9 Å². The number of carbonyl (C=O) groups excluding carboxylic acids is 1. The lowest BCUT2D eigenvalue weighted by Crippen LogP contribution is -2.56. The van der Waals surface area contributed by atoms with Gasteiger partial charge in [-0.3, -0.25) is 4.79 Å². The predicted octanol–water partition coefficient (Wildman–Crippen LogP) is 0.855. The third kappa shape index (κ3) is 1.99. The molecule has 0 atom stereocenters. The highest BCUT2D eigenvalue weighted by atomic mass is 16.4. The molecule has 0 radical (unpaired) electrons. The number of amides is 2. The summed E-state index contributed by atoms with van der Waals surface area (Å²) in [6, 6.07) is 0.00285. The van der Waals surface area contributed by atoms with E-state index < -0.39 is 5.97 Å². The van der Waals surface area contributed by atoms with Crippen molar-refractivity contribution >= 4 is 12.0 Å². The fourth-order valence-electron chi connectivity index (χ4n) is 2.27. The molecule has 0 aromatic carbocycles. The van der Waals surface area contributed by atoms with Crippen LogP contribution < -0.4 is 0 Å². The van der Waals surface area contributed by atoms with Crippen LogP contribution in [0.25, 0.3) is 0 Å². The lowest BCUT2D eigenvalue weighted by Gasteiger charge is -2.39. The van der Waals surface area contributed by atoms with Crippen LogP contribution in [-0.2, 0) is 4.79 Å². The Morgan fingerprint density at radius 3 is 2.31 bits per heavy atom. The third-order valence-corrected chi connectivity index (χ3v) is 3.45. The number of carboxylic acids is 1. The standard InChI is InChI=1S/C11H18N2O3/c1-11(2)3-4-12(7-11)10(16)13-5-8(6-13)9(14)15/h8H,3-7H2,1-2H3,(H,14,15). The maximum Gasteiger partial charge on any atom is 0.320 e. The van der Waals surface area contributed by atoms with E-state index in [1.807, 2.05) is 4.90 Å². The zero-order valence-electron chi connectivity index (χ0n) is 9.77. The van der Waals surface area contributed by atoms with E-state index in [0.29, 0.717) is 13.1 Å². The number of carbonyl (C=O) groups is 2. The molecule has 0 spiro atoms. The molecule has 0 unspecified atom stereocenters. The number of nitrogens with zero attached hydrogens (tertiary/aromatic N) is 2. The Kier molecular flexibility index (Phi) is 2.56. The number of aliphatic carboxylic acids is 1. The van der Waals surface area contributed by atoms with Crippen LogP contribution in [-0.4, -0.2) is 53.1 Å². The van der Waals surface area contributed by atoms with Crippen LogP contribution in [0.5, 0.6) is 0 Å². The smallest absolute Gasteiger partial charge is 0.320 e. The van der Waals surface area contributed by atoms with E-state index in [-0.39, 0.29) is 17.4 Å². The second kappa shape index (κ2) is 3.64. The van der Waals surface area contributed by atoms with Gasteiger partial charge in [-0.25, -0.2) is 4.79 Å². The topological polar surface area (TPSA) is 60.9 Å². The molecule has 1 N–H and O–H groups in total. The fourth-order valence-corrected chi connectivity index (χ4v) is 2.27. The first-order chi connectivity index (χ1) is 7.39. The summed E-state index contributed by atoms with van der Waals surface area (Å²) in [6.07, 6.45) is 1.02. The quantitative estimate of drug-likeness (QED) is 0.721. The lowest BCUT2D eigenvalue weighted by molar-refractivity contribution is -0.146. The van der Waals surface area contributed by atoms with Crippen molar-refractivity contribution in [2.24, 2.45) is 11.3 Å². The minimum atomic E-state index is -0.800. The molecule has 2 aliphatic rings. The summed E-state index contributed by atoms with van der Waals surface area (Å²) in [5, 5.41) is 8.73. The van der Waals surface area contributed by atoms with Crippen molar-refractivity contribution < 1.29 is 14.7 Å². The third-order valence-electron chi connectivity index (χ3n) is 3.45. The van der Waals surface area contributed by atoms with Gasteiger partial charge in [0, 0.05) is 26.2 Å². The Morgan fingerprint density at radius 2 is 1.88 bits per heavy atom. The SMILES string of the molecule is CC1(C)CCN(C(=O)N2CC(C(=O)O)C2)C1. The summed E-state index contributed by atoms with van der Waals surface area (Å²) >= 11 is 0. The maximum absolute atomic E-state index is 11.9. The summed E-state index contributed by atoms with van der Waals surface area (Å²) in [5.41, 5.74) is 0.201. The summed E-state index contributed by atoms with van der Waals surface area (Å²) < 4.78 is 0. The monoisotopic (exact) mass is 226 g/mol. The number of hydrogen-bond acceptors (Lipinski definition) is 2. The average Bonchev–Trinajstić information content (AvgIpc) is 2.42. The van der Waals surface area contributed by atoms with Gasteiger partial charge >= 0.3 is 12.0 Å². The minimum Gasteiger partial charge on any atom is -0.481 e. The van der Waals surface area contributed by atoms with Crippen LogP contribution in [0, 0.1) is 11.3 Å². The average molecular weight is 226 g/mol. The van der Waals surface area contributed by atoms with Crippen molar-refractivity contribution in [2.45, 2.75) is 20.3 Å². The second-order valence-corrected chi connectivity index (χ2v) is 5.56. The van der Waals surface area contributed by atoms with Gasteiger partial charge in [-0.1, -0.05) is 13.8 Å². The van der Waals surface area contributed by atoms with Crippen molar-refractivity contribution in [1.29, 1.82) is 0 Å². The molecule has 0 aromatic heterocycles. The number of carboxylic acid groups (broad SMARTS) is 1. The van der Waals surface area contributed by atoms with Crippen LogP contribution >= 0.6 is 0 Å². The summed E-state index contributed by atoms with van der Waals surface area (Å²) in [7, 11) is 0. The van der Waals surface area contributed by atoms with E-state index >= 15 is 0 Å². The van der Waals surface area contributed by atoms with Gasteiger partial charge in [0.05, 0.1) is 5.92 Å². The second-order valence-electron chi connectivity index (χ2n) is 5.56. The van der Waals surface area contributed by atoms with Gasteiger partial charge in [-0.05, 0) is 11.8 Å². The lowest BCUT2D eigenvalue weighted by atomic mass is 9.93. The zero-order valence-corrected chi connectivity index (χ0v) is 9.77. The highest BCUT2D eigenvalue weighted by molar-refractivity contribution is 5.80. The Labute approximate surface area is 95.0 Å². The van der Waals surface area contributed by atoms with E-state index in [9.17, 15) is 9.59 Å². The van der Waals surface area contributed by atoms with Gasteiger partial charge in [-0.2, -0.15) is 0 Å². The van der Waals surface area contributed by atoms with Gasteiger partial charge in [0.25, 0.3) is 0 Å². The van der Waals surface area contributed by atoms with Crippen molar-refractivity contribution in [1.82, 2.24) is 9.80 Å². The van der Waals surface area contributed by atoms with Crippen LogP contribution in [0.4, 0.5) is 4.79 Å². The van der Waals surface area contributed by atoms with Crippen LogP contribution in [0.3, 0.4) is 0 Å². The zero-order chi connectivity index (χ0) is 11.9. The Bertz CT molecular complexity index is 321. The summed E-state index contributed by atoms with van der Waals surface area (Å²) in [5.74, 6) is -1.16. The predicted molar refractivity (Wildman–Crippen MR) is 58.1 cm³/mol. The molecule has 2 aliphatic heterocycles. The molecule has 0 bridgehead atoms. The Morgan fingerprint density at radius 1 is 1.25 bits per heavy atom. The van der Waals surface area contributed by atoms with Crippen LogP contribution in [0.2, 0.25) is 0 Å². The van der Waals surface area contributed by atoms with Crippen molar-refractivity contribution in [3.63, 3.8) is 0 Å². The number of hydrogen-bond donors (Lipinski definition) is 1. The minimum absolute atomic E-state index is 0.00285. The molecule has 16 heavy (non-hydrogen) atoms. The maximum atomic E-state index is 11.9. The molecule has 5 nitrogen and oxygen atoms in total. The highest BCUT2D eigenvalue weighted by Gasteiger charge is 2.40. The van der Waals surface area contributed by atoms with Gasteiger partial charge in [-0.15, -0.1) is 0 Å². The first-order valence-corrected chi connectivity index (χ1v) is 5.66. The molecular formula is C11H18N2O3. The van der Waals surface area contributed by atoms with E-state index in [1.165, 1.54) is 0 Å². The molecule has 0 aromatic rings. The van der Waals surface area contributed by atoms with Crippen LogP contribution in [0.1, 0.15) is 20.3 Å². The van der Waals surface area contributed by atoms with E-state index in [2.05, 4.69) is 13.8 Å². The molecule has 2 rings (SSSR count). The van der Waals surface area contributed by atoms with Crippen LogP contribution in [0.15, 0.2) is 0 Å². The van der Waals surface area contributed by atoms with Crippen molar-refractivity contribution in [3.8, 4) is 0 Å². The summed E-state index contributed by atoms with van der Waals surface area (Å²) in [4.78, 5) is 26.0. The van der Waals surface area contributed by atoms with Crippen molar-refractivity contribution in [2.75, 3.05) is 26.2 Å². The first-order valence-electron chi connectivity index (χ1n) is 5.66. The normalized spacial score (nSPS) is 24.4. The number of likely N-dealkylation sites (tertiary alicyclic amines) is 2. The molecule has 2 saturated heterocycles. The first kappa shape index (κ1) is 11.2. The molecule has 0 saturated carbocycles. The molecule has 5 heteroatoms. The van der Waals surface area contributed by atoms with E-state index in [1.54, 1.807) is 4.90 Å². The highest BCUT2D eigenvalue weighted by Crippen LogP contribution is 2.30. The van der Waals surface area contributed by atoms with Gasteiger partial charge in [0.15, 0.2) is 0 Å². The van der Waals surface area contributed by atoms with Gasteiger partial charge in [0.1, 0.15) is 0 Å².